The van der Waals surface area contributed by atoms with Crippen molar-refractivity contribution in [1.29, 1.82) is 0 Å². The number of hydrogen-bond acceptors (Lipinski definition) is 4. The molecular formula is C14H19N5O2. The number of piperidine rings is 1. The Bertz CT molecular complexity index is 773. The van der Waals surface area contributed by atoms with Crippen LogP contribution >= 0.6 is 0 Å². The first-order chi connectivity index (χ1) is 10.2. The zero-order valence-electron chi connectivity index (χ0n) is 11.7. The van der Waals surface area contributed by atoms with Gasteiger partial charge in [0.05, 0.1) is 6.04 Å². The maximum Gasteiger partial charge on any atom is 0.327 e. The van der Waals surface area contributed by atoms with E-state index in [-0.39, 0.29) is 6.04 Å². The second kappa shape index (κ2) is 4.84. The standard InChI is InChI=1S/C14H19N5O2/c20-13-10-12(18-14(21)19-13)17-11(16-10)9-6-5-7-3-1-2-4-8(7)15-9/h7-9,15H,1-6H2,(H3,16,17,18,19,20,21). The molecule has 0 bridgehead atoms. The lowest BCUT2D eigenvalue weighted by molar-refractivity contribution is 0.174. The van der Waals surface area contributed by atoms with Gasteiger partial charge in [-0.2, -0.15) is 0 Å². The van der Waals surface area contributed by atoms with Gasteiger partial charge >= 0.3 is 5.69 Å². The van der Waals surface area contributed by atoms with Crippen molar-refractivity contribution in [2.75, 3.05) is 0 Å². The van der Waals surface area contributed by atoms with Gasteiger partial charge in [-0.15, -0.1) is 0 Å². The summed E-state index contributed by atoms with van der Waals surface area (Å²) in [5.41, 5.74) is -0.253. The van der Waals surface area contributed by atoms with Crippen LogP contribution in [-0.4, -0.2) is 26.0 Å². The summed E-state index contributed by atoms with van der Waals surface area (Å²) in [6, 6.07) is 0.697. The van der Waals surface area contributed by atoms with Crippen LogP contribution in [0.25, 0.3) is 11.2 Å². The SMILES string of the molecule is O=c1[nH]c(=O)c2[nH]c(C3CCC4CCCCC4N3)nc2[nH]1. The van der Waals surface area contributed by atoms with Gasteiger partial charge in [-0.25, -0.2) is 9.78 Å². The summed E-state index contributed by atoms with van der Waals surface area (Å²) < 4.78 is 0. The molecule has 4 rings (SSSR count). The van der Waals surface area contributed by atoms with Crippen molar-refractivity contribution in [2.24, 2.45) is 5.92 Å². The van der Waals surface area contributed by atoms with E-state index < -0.39 is 11.2 Å². The first-order valence-corrected chi connectivity index (χ1v) is 7.69. The minimum atomic E-state index is -0.519. The summed E-state index contributed by atoms with van der Waals surface area (Å²) >= 11 is 0. The molecule has 0 radical (unpaired) electrons. The van der Waals surface area contributed by atoms with Crippen LogP contribution in [0.3, 0.4) is 0 Å². The van der Waals surface area contributed by atoms with Crippen molar-refractivity contribution >= 4 is 11.2 Å². The molecule has 7 heteroatoms. The van der Waals surface area contributed by atoms with Crippen molar-refractivity contribution in [3.05, 3.63) is 26.7 Å². The minimum absolute atomic E-state index is 0.139. The predicted octanol–water partition coefficient (Wildman–Crippen LogP) is 0.923. The van der Waals surface area contributed by atoms with E-state index in [1.807, 2.05) is 0 Å². The minimum Gasteiger partial charge on any atom is -0.335 e. The molecule has 1 saturated carbocycles. The Morgan fingerprint density at radius 1 is 0.952 bits per heavy atom. The van der Waals surface area contributed by atoms with Crippen LogP contribution in [0.1, 0.15) is 50.4 Å². The van der Waals surface area contributed by atoms with Crippen LogP contribution in [0.2, 0.25) is 0 Å². The number of H-pyrrole nitrogens is 3. The fourth-order valence-electron chi connectivity index (χ4n) is 3.83. The number of fused-ring (bicyclic) bond motifs is 2. The molecule has 2 aliphatic rings. The average molecular weight is 289 g/mol. The second-order valence-electron chi connectivity index (χ2n) is 6.20. The molecule has 3 unspecified atom stereocenters. The third-order valence-electron chi connectivity index (χ3n) is 4.89. The monoisotopic (exact) mass is 289 g/mol. The molecule has 2 aromatic heterocycles. The molecule has 1 aliphatic carbocycles. The van der Waals surface area contributed by atoms with E-state index in [0.29, 0.717) is 17.2 Å². The molecule has 1 aliphatic heterocycles. The van der Waals surface area contributed by atoms with Crippen LogP contribution in [-0.2, 0) is 0 Å². The van der Waals surface area contributed by atoms with Gasteiger partial charge in [0.2, 0.25) is 0 Å². The Balaban J connectivity index is 1.66. The van der Waals surface area contributed by atoms with Gasteiger partial charge in [-0.05, 0) is 31.6 Å². The van der Waals surface area contributed by atoms with Crippen LogP contribution < -0.4 is 16.6 Å². The van der Waals surface area contributed by atoms with E-state index in [4.69, 9.17) is 0 Å². The predicted molar refractivity (Wildman–Crippen MR) is 78.2 cm³/mol. The van der Waals surface area contributed by atoms with Crippen LogP contribution in [0.5, 0.6) is 0 Å². The number of hydrogen-bond donors (Lipinski definition) is 4. The lowest BCUT2D eigenvalue weighted by atomic mass is 9.77. The largest absolute Gasteiger partial charge is 0.335 e. The number of nitrogens with zero attached hydrogens (tertiary/aromatic N) is 1. The van der Waals surface area contributed by atoms with E-state index in [0.717, 1.165) is 18.2 Å². The summed E-state index contributed by atoms with van der Waals surface area (Å²) in [4.78, 5) is 35.3. The molecule has 3 atom stereocenters. The van der Waals surface area contributed by atoms with E-state index >= 15 is 0 Å². The topological polar surface area (TPSA) is 106 Å². The molecule has 112 valence electrons. The zero-order chi connectivity index (χ0) is 14.4. The molecular weight excluding hydrogens is 270 g/mol. The Hall–Kier alpha value is -1.89. The van der Waals surface area contributed by atoms with Gasteiger partial charge in [-0.1, -0.05) is 12.8 Å². The number of aromatic amines is 3. The van der Waals surface area contributed by atoms with Crippen LogP contribution in [0.4, 0.5) is 0 Å². The number of aromatic nitrogens is 4. The summed E-state index contributed by atoms with van der Waals surface area (Å²) in [6.45, 7) is 0. The first kappa shape index (κ1) is 12.8. The second-order valence-corrected chi connectivity index (χ2v) is 6.20. The smallest absolute Gasteiger partial charge is 0.327 e. The van der Waals surface area contributed by atoms with Crippen molar-refractivity contribution in [2.45, 2.75) is 50.6 Å². The molecule has 4 N–H and O–H groups in total. The molecule has 0 amide bonds. The zero-order valence-corrected chi connectivity index (χ0v) is 11.7. The van der Waals surface area contributed by atoms with Gasteiger partial charge in [0, 0.05) is 6.04 Å². The van der Waals surface area contributed by atoms with E-state index in [9.17, 15) is 9.59 Å². The van der Waals surface area contributed by atoms with E-state index in [1.165, 1.54) is 32.1 Å². The Labute approximate surface area is 120 Å². The van der Waals surface area contributed by atoms with Gasteiger partial charge in [0.1, 0.15) is 11.3 Å². The molecule has 2 fully saturated rings. The summed E-state index contributed by atoms with van der Waals surface area (Å²) in [7, 11) is 0. The fraction of sp³-hybridized carbons (Fsp3) is 0.643. The molecule has 3 heterocycles. The summed E-state index contributed by atoms with van der Waals surface area (Å²) in [5.74, 6) is 1.53. The molecule has 21 heavy (non-hydrogen) atoms. The Morgan fingerprint density at radius 3 is 2.71 bits per heavy atom. The number of imidazole rings is 1. The van der Waals surface area contributed by atoms with Crippen molar-refractivity contribution < 1.29 is 0 Å². The van der Waals surface area contributed by atoms with Crippen LogP contribution in [0, 0.1) is 5.92 Å². The molecule has 7 nitrogen and oxygen atoms in total. The first-order valence-electron chi connectivity index (χ1n) is 7.69. The van der Waals surface area contributed by atoms with Gasteiger partial charge in [-0.3, -0.25) is 14.8 Å². The van der Waals surface area contributed by atoms with Gasteiger partial charge in [0.15, 0.2) is 5.65 Å². The summed E-state index contributed by atoms with van der Waals surface area (Å²) in [6.07, 6.45) is 7.38. The Kier molecular flexibility index (Phi) is 2.95. The lowest BCUT2D eigenvalue weighted by Crippen LogP contribution is -2.45. The van der Waals surface area contributed by atoms with Crippen molar-refractivity contribution in [1.82, 2.24) is 25.3 Å². The van der Waals surface area contributed by atoms with Gasteiger partial charge < -0.3 is 10.3 Å². The maximum atomic E-state index is 11.8. The molecule has 1 saturated heterocycles. The van der Waals surface area contributed by atoms with Gasteiger partial charge in [0.25, 0.3) is 5.56 Å². The van der Waals surface area contributed by atoms with Crippen molar-refractivity contribution in [3.8, 4) is 0 Å². The van der Waals surface area contributed by atoms with E-state index in [1.54, 1.807) is 0 Å². The highest BCUT2D eigenvalue weighted by Crippen LogP contribution is 2.36. The molecule has 0 aromatic carbocycles. The highest BCUT2D eigenvalue weighted by atomic mass is 16.2. The van der Waals surface area contributed by atoms with Crippen LogP contribution in [0.15, 0.2) is 9.59 Å². The average Bonchev–Trinajstić information content (AvgIpc) is 2.91. The highest BCUT2D eigenvalue weighted by molar-refractivity contribution is 5.68. The number of nitrogens with one attached hydrogen (secondary N) is 4. The third-order valence-corrected chi connectivity index (χ3v) is 4.89. The quantitative estimate of drug-likeness (QED) is 0.626. The lowest BCUT2D eigenvalue weighted by Gasteiger charge is -2.39. The van der Waals surface area contributed by atoms with E-state index in [2.05, 4.69) is 25.3 Å². The molecule has 0 spiro atoms. The highest BCUT2D eigenvalue weighted by Gasteiger charge is 2.33. The maximum absolute atomic E-state index is 11.8. The fourth-order valence-corrected chi connectivity index (χ4v) is 3.83. The summed E-state index contributed by atoms with van der Waals surface area (Å²) in [5, 5.41) is 3.67. The normalized spacial score (nSPS) is 29.4. The number of rotatable bonds is 1. The van der Waals surface area contributed by atoms with Crippen molar-refractivity contribution in [3.63, 3.8) is 0 Å². The third kappa shape index (κ3) is 2.21. The molecule has 2 aromatic rings. The Morgan fingerprint density at radius 2 is 1.81 bits per heavy atom.